The molecule has 1 amide bonds. The highest BCUT2D eigenvalue weighted by atomic mass is 16.5. The van der Waals surface area contributed by atoms with Crippen LogP contribution >= 0.6 is 0 Å². The van der Waals surface area contributed by atoms with Crippen molar-refractivity contribution in [1.82, 2.24) is 10.4 Å². The molecule has 0 radical (unpaired) electrons. The first-order valence-electron chi connectivity index (χ1n) is 6.07. The van der Waals surface area contributed by atoms with Crippen LogP contribution in [0.4, 0.5) is 0 Å². The van der Waals surface area contributed by atoms with Crippen LogP contribution in [0.1, 0.15) is 30.9 Å². The number of carbonyl (C=O) groups is 1. The van der Waals surface area contributed by atoms with E-state index in [1.165, 1.54) is 0 Å². The van der Waals surface area contributed by atoms with E-state index in [-0.39, 0.29) is 5.91 Å². The van der Waals surface area contributed by atoms with Crippen LogP contribution in [0.15, 0.2) is 18.2 Å². The van der Waals surface area contributed by atoms with Gasteiger partial charge in [-0.1, -0.05) is 26.0 Å². The summed E-state index contributed by atoms with van der Waals surface area (Å²) < 4.78 is 5.32. The predicted molar refractivity (Wildman–Crippen MR) is 72.6 cm³/mol. The van der Waals surface area contributed by atoms with E-state index in [4.69, 9.17) is 4.74 Å². The molecule has 18 heavy (non-hydrogen) atoms. The molecule has 0 fully saturated rings. The van der Waals surface area contributed by atoms with Crippen molar-refractivity contribution < 1.29 is 9.53 Å². The molecule has 1 rings (SSSR count). The lowest BCUT2D eigenvalue weighted by Gasteiger charge is -2.15. The molecule has 0 unspecified atom stereocenters. The highest BCUT2D eigenvalue weighted by molar-refractivity contribution is 5.78. The number of nitrogens with zero attached hydrogens (tertiary/aromatic N) is 1. The molecule has 0 aromatic heterocycles. The Bertz CT molecular complexity index is 414. The van der Waals surface area contributed by atoms with E-state index in [2.05, 4.69) is 19.3 Å². The van der Waals surface area contributed by atoms with Crippen molar-refractivity contribution in [1.29, 1.82) is 0 Å². The normalized spacial score (nSPS) is 10.8. The lowest BCUT2D eigenvalue weighted by Crippen LogP contribution is -2.37. The minimum atomic E-state index is -0.0140. The Morgan fingerprint density at radius 2 is 2.06 bits per heavy atom. The molecule has 1 aromatic rings. The van der Waals surface area contributed by atoms with E-state index < -0.39 is 0 Å². The molecule has 0 atom stereocenters. The molecule has 1 N–H and O–H groups in total. The summed E-state index contributed by atoms with van der Waals surface area (Å²) in [7, 11) is 5.26. The molecule has 0 aliphatic heterocycles. The van der Waals surface area contributed by atoms with Gasteiger partial charge in [-0.3, -0.25) is 10.2 Å². The highest BCUT2D eigenvalue weighted by Gasteiger charge is 2.10. The maximum absolute atomic E-state index is 11.7. The fourth-order valence-electron chi connectivity index (χ4n) is 1.82. The summed E-state index contributed by atoms with van der Waals surface area (Å²) in [6.45, 7) is 4.23. The van der Waals surface area contributed by atoms with Crippen molar-refractivity contribution in [3.63, 3.8) is 0 Å². The summed E-state index contributed by atoms with van der Waals surface area (Å²) in [5, 5.41) is 1.65. The molecule has 0 heterocycles. The quantitative estimate of drug-likeness (QED) is 0.812. The van der Waals surface area contributed by atoms with Gasteiger partial charge in [-0.05, 0) is 23.1 Å². The topological polar surface area (TPSA) is 41.6 Å². The van der Waals surface area contributed by atoms with E-state index in [9.17, 15) is 4.79 Å². The lowest BCUT2D eigenvalue weighted by atomic mass is 9.98. The number of hydrazine groups is 1. The van der Waals surface area contributed by atoms with Crippen molar-refractivity contribution in [3.05, 3.63) is 29.3 Å². The van der Waals surface area contributed by atoms with Crippen LogP contribution in [0.5, 0.6) is 5.75 Å². The van der Waals surface area contributed by atoms with Crippen molar-refractivity contribution >= 4 is 5.91 Å². The number of nitrogens with one attached hydrogen (secondary N) is 1. The number of hydrogen-bond donors (Lipinski definition) is 1. The molecule has 100 valence electrons. The van der Waals surface area contributed by atoms with Crippen LogP contribution in [0.25, 0.3) is 0 Å². The van der Waals surface area contributed by atoms with Crippen LogP contribution in [0.2, 0.25) is 0 Å². The monoisotopic (exact) mass is 250 g/mol. The fraction of sp³-hybridized carbons (Fsp3) is 0.500. The van der Waals surface area contributed by atoms with Gasteiger partial charge in [0.1, 0.15) is 5.75 Å². The zero-order valence-corrected chi connectivity index (χ0v) is 11.8. The third-order valence-corrected chi connectivity index (χ3v) is 2.63. The first-order chi connectivity index (χ1) is 8.43. The van der Waals surface area contributed by atoms with Crippen LogP contribution in [0.3, 0.4) is 0 Å². The highest BCUT2D eigenvalue weighted by Crippen LogP contribution is 2.27. The van der Waals surface area contributed by atoms with Gasteiger partial charge in [-0.15, -0.1) is 0 Å². The second-order valence-corrected chi connectivity index (χ2v) is 4.84. The molecule has 4 nitrogen and oxygen atoms in total. The third-order valence-electron chi connectivity index (χ3n) is 2.63. The molecule has 0 saturated heterocycles. The molecule has 0 saturated carbocycles. The van der Waals surface area contributed by atoms with Crippen molar-refractivity contribution in [2.24, 2.45) is 0 Å². The van der Waals surface area contributed by atoms with Crippen molar-refractivity contribution in [3.8, 4) is 5.75 Å². The van der Waals surface area contributed by atoms with Gasteiger partial charge in [0.2, 0.25) is 5.91 Å². The largest absolute Gasteiger partial charge is 0.496 e. The van der Waals surface area contributed by atoms with Gasteiger partial charge in [0.05, 0.1) is 13.5 Å². The molecule has 0 spiro atoms. The molecular formula is C14H22N2O2. The van der Waals surface area contributed by atoms with Gasteiger partial charge in [0, 0.05) is 14.1 Å². The standard InChI is InChI=1S/C14H22N2O2/c1-10(2)12-8-11(6-7-13(12)18-5)9-14(17)15-16(3)4/h6-8,10H,9H2,1-5H3,(H,15,17). The number of rotatable bonds is 5. The minimum Gasteiger partial charge on any atom is -0.496 e. The van der Waals surface area contributed by atoms with E-state index in [1.807, 2.05) is 18.2 Å². The molecular weight excluding hydrogens is 228 g/mol. The first kappa shape index (κ1) is 14.5. The Hall–Kier alpha value is -1.55. The summed E-state index contributed by atoms with van der Waals surface area (Å²) in [5.74, 6) is 1.23. The zero-order valence-electron chi connectivity index (χ0n) is 11.8. The van der Waals surface area contributed by atoms with Crippen LogP contribution in [-0.4, -0.2) is 32.1 Å². The summed E-state index contributed by atoms with van der Waals surface area (Å²) in [4.78, 5) is 11.7. The summed E-state index contributed by atoms with van der Waals surface area (Å²) in [6, 6.07) is 5.90. The van der Waals surface area contributed by atoms with Gasteiger partial charge >= 0.3 is 0 Å². The zero-order chi connectivity index (χ0) is 13.7. The first-order valence-corrected chi connectivity index (χ1v) is 6.07. The second-order valence-electron chi connectivity index (χ2n) is 4.84. The number of ether oxygens (including phenoxy) is 1. The number of benzene rings is 1. The molecule has 1 aromatic carbocycles. The Morgan fingerprint density at radius 1 is 1.39 bits per heavy atom. The Kier molecular flexibility index (Phi) is 5.16. The van der Waals surface area contributed by atoms with Crippen LogP contribution in [0, 0.1) is 0 Å². The average molecular weight is 250 g/mol. The van der Waals surface area contributed by atoms with Gasteiger partial charge in [0.15, 0.2) is 0 Å². The smallest absolute Gasteiger partial charge is 0.238 e. The molecule has 4 heteroatoms. The predicted octanol–water partition coefficient (Wildman–Crippen LogP) is 1.95. The van der Waals surface area contributed by atoms with Crippen LogP contribution < -0.4 is 10.2 Å². The van der Waals surface area contributed by atoms with Gasteiger partial charge in [-0.2, -0.15) is 0 Å². The Labute approximate surface area is 109 Å². The van der Waals surface area contributed by atoms with Gasteiger partial charge in [0.25, 0.3) is 0 Å². The molecule has 0 aliphatic carbocycles. The average Bonchev–Trinajstić information content (AvgIpc) is 2.27. The van der Waals surface area contributed by atoms with E-state index in [0.29, 0.717) is 12.3 Å². The van der Waals surface area contributed by atoms with Crippen LogP contribution in [-0.2, 0) is 11.2 Å². The third kappa shape index (κ3) is 4.04. The van der Waals surface area contributed by atoms with Crippen molar-refractivity contribution in [2.45, 2.75) is 26.2 Å². The summed E-state index contributed by atoms with van der Waals surface area (Å²) in [5.41, 5.74) is 4.86. The Morgan fingerprint density at radius 3 is 2.56 bits per heavy atom. The van der Waals surface area contributed by atoms with E-state index >= 15 is 0 Å². The maximum Gasteiger partial charge on any atom is 0.238 e. The summed E-state index contributed by atoms with van der Waals surface area (Å²) in [6.07, 6.45) is 0.377. The van der Waals surface area contributed by atoms with Crippen molar-refractivity contribution in [2.75, 3.05) is 21.2 Å². The molecule has 0 bridgehead atoms. The number of methoxy groups -OCH3 is 1. The SMILES string of the molecule is COc1ccc(CC(=O)NN(C)C)cc1C(C)C. The van der Waals surface area contributed by atoms with E-state index in [0.717, 1.165) is 16.9 Å². The van der Waals surface area contributed by atoms with E-state index in [1.54, 1.807) is 26.2 Å². The summed E-state index contributed by atoms with van der Waals surface area (Å²) >= 11 is 0. The minimum absolute atomic E-state index is 0.0140. The molecule has 0 aliphatic rings. The number of carbonyl (C=O) groups excluding carboxylic acids is 1. The number of amides is 1. The Balaban J connectivity index is 2.85. The fourth-order valence-corrected chi connectivity index (χ4v) is 1.82. The second kappa shape index (κ2) is 6.40. The number of hydrogen-bond acceptors (Lipinski definition) is 3. The van der Waals surface area contributed by atoms with Gasteiger partial charge < -0.3 is 4.74 Å². The van der Waals surface area contributed by atoms with Gasteiger partial charge in [-0.25, -0.2) is 5.01 Å². The maximum atomic E-state index is 11.7. The lowest BCUT2D eigenvalue weighted by molar-refractivity contribution is -0.124.